The Kier molecular flexibility index (Phi) is 4.53. The summed E-state index contributed by atoms with van der Waals surface area (Å²) in [6, 6.07) is 13.6. The molecule has 0 unspecified atom stereocenters. The number of rotatable bonds is 4. The number of ether oxygens (including phenoxy) is 1. The maximum atomic E-state index is 13.5. The third-order valence-electron chi connectivity index (χ3n) is 2.63. The monoisotopic (exact) mass is 278 g/mol. The van der Waals surface area contributed by atoms with Crippen LogP contribution in [0.1, 0.15) is 11.1 Å². The van der Waals surface area contributed by atoms with Crippen molar-refractivity contribution in [1.82, 2.24) is 0 Å². The molecule has 4 heteroatoms. The van der Waals surface area contributed by atoms with Crippen molar-refractivity contribution in [3.05, 3.63) is 70.5 Å². The molecule has 2 aromatic rings. The summed E-state index contributed by atoms with van der Waals surface area (Å²) in [7, 11) is 0. The van der Waals surface area contributed by atoms with Crippen LogP contribution in [-0.4, -0.2) is 5.97 Å². The van der Waals surface area contributed by atoms with E-state index in [0.29, 0.717) is 0 Å². The van der Waals surface area contributed by atoms with Gasteiger partial charge in [0.05, 0.1) is 11.4 Å². The molecule has 0 aliphatic carbocycles. The third kappa shape index (κ3) is 3.80. The van der Waals surface area contributed by atoms with Gasteiger partial charge in [-0.3, -0.25) is 4.79 Å². The Morgan fingerprint density at radius 3 is 2.53 bits per heavy atom. The van der Waals surface area contributed by atoms with Crippen LogP contribution >= 0.6 is 11.6 Å². The van der Waals surface area contributed by atoms with E-state index in [4.69, 9.17) is 16.3 Å². The second kappa shape index (κ2) is 6.34. The fraction of sp³-hybridized carbons (Fsp3) is 0.133. The highest BCUT2D eigenvalue weighted by molar-refractivity contribution is 6.31. The lowest BCUT2D eigenvalue weighted by molar-refractivity contribution is -0.144. The number of hydrogen-bond donors (Lipinski definition) is 0. The van der Waals surface area contributed by atoms with Crippen molar-refractivity contribution < 1.29 is 13.9 Å². The van der Waals surface area contributed by atoms with Crippen LogP contribution in [-0.2, 0) is 22.6 Å². The van der Waals surface area contributed by atoms with Crippen molar-refractivity contribution in [2.24, 2.45) is 0 Å². The van der Waals surface area contributed by atoms with E-state index >= 15 is 0 Å². The van der Waals surface area contributed by atoms with Crippen molar-refractivity contribution in [3.8, 4) is 0 Å². The highest BCUT2D eigenvalue weighted by atomic mass is 35.5. The molecule has 0 heterocycles. The van der Waals surface area contributed by atoms with Gasteiger partial charge in [-0.05, 0) is 17.7 Å². The fourth-order valence-electron chi connectivity index (χ4n) is 1.64. The van der Waals surface area contributed by atoms with E-state index in [1.807, 2.05) is 30.3 Å². The number of hydrogen-bond acceptors (Lipinski definition) is 2. The van der Waals surface area contributed by atoms with Gasteiger partial charge >= 0.3 is 5.97 Å². The number of esters is 1. The van der Waals surface area contributed by atoms with E-state index in [1.165, 1.54) is 12.1 Å². The molecule has 0 fully saturated rings. The number of benzene rings is 2. The summed E-state index contributed by atoms with van der Waals surface area (Å²) in [5.41, 5.74) is 1.05. The minimum Gasteiger partial charge on any atom is -0.460 e. The average Bonchev–Trinajstić information content (AvgIpc) is 2.39. The Hall–Kier alpha value is -1.87. The minimum atomic E-state index is -0.472. The van der Waals surface area contributed by atoms with Gasteiger partial charge in [0.1, 0.15) is 12.4 Å². The molecule has 19 heavy (non-hydrogen) atoms. The summed E-state index contributed by atoms with van der Waals surface area (Å²) >= 11 is 5.84. The van der Waals surface area contributed by atoms with Gasteiger partial charge in [0.25, 0.3) is 0 Å². The first-order chi connectivity index (χ1) is 9.16. The van der Waals surface area contributed by atoms with Crippen molar-refractivity contribution in [3.63, 3.8) is 0 Å². The van der Waals surface area contributed by atoms with E-state index in [-0.39, 0.29) is 23.6 Å². The van der Waals surface area contributed by atoms with Crippen molar-refractivity contribution in [1.29, 1.82) is 0 Å². The topological polar surface area (TPSA) is 26.3 Å². The molecule has 0 amide bonds. The number of halogens is 2. The molecule has 0 aliphatic heterocycles. The number of carbonyl (C=O) groups excluding carboxylic acids is 1. The van der Waals surface area contributed by atoms with Gasteiger partial charge in [-0.25, -0.2) is 4.39 Å². The zero-order valence-electron chi connectivity index (χ0n) is 10.1. The molecule has 2 rings (SSSR count). The fourth-order valence-corrected chi connectivity index (χ4v) is 1.85. The van der Waals surface area contributed by atoms with E-state index in [1.54, 1.807) is 6.07 Å². The van der Waals surface area contributed by atoms with E-state index < -0.39 is 11.8 Å². The maximum absolute atomic E-state index is 13.5. The van der Waals surface area contributed by atoms with Gasteiger partial charge in [0.15, 0.2) is 0 Å². The van der Waals surface area contributed by atoms with Gasteiger partial charge in [-0.2, -0.15) is 0 Å². The quantitative estimate of drug-likeness (QED) is 0.796. The lowest BCUT2D eigenvalue weighted by Crippen LogP contribution is -2.09. The third-order valence-corrected chi connectivity index (χ3v) is 2.98. The van der Waals surface area contributed by atoms with Gasteiger partial charge in [-0.1, -0.05) is 48.0 Å². The Morgan fingerprint density at radius 1 is 1.11 bits per heavy atom. The summed E-state index contributed by atoms with van der Waals surface area (Å²) in [6.07, 6.45) is 0.160. The molecule has 0 N–H and O–H groups in total. The van der Waals surface area contributed by atoms with Crippen LogP contribution in [0.25, 0.3) is 0 Å². The zero-order chi connectivity index (χ0) is 13.7. The van der Waals surface area contributed by atoms with Crippen LogP contribution in [0.3, 0.4) is 0 Å². The van der Waals surface area contributed by atoms with Crippen LogP contribution in [0.15, 0.2) is 48.5 Å². The van der Waals surface area contributed by atoms with E-state index in [2.05, 4.69) is 0 Å². The minimum absolute atomic E-state index is 0.156. The largest absolute Gasteiger partial charge is 0.460 e. The van der Waals surface area contributed by atoms with Gasteiger partial charge in [0.2, 0.25) is 0 Å². The standard InChI is InChI=1S/C15H12ClFO2/c16-13-7-4-8-14(17)12(13)10-19-15(18)9-11-5-2-1-3-6-11/h1-8H,9-10H2. The van der Waals surface area contributed by atoms with Crippen LogP contribution in [0.5, 0.6) is 0 Å². The summed E-state index contributed by atoms with van der Waals surface area (Å²) < 4.78 is 18.5. The normalized spacial score (nSPS) is 10.2. The zero-order valence-corrected chi connectivity index (χ0v) is 10.9. The molecule has 0 aliphatic rings. The molecule has 0 radical (unpaired) electrons. The van der Waals surface area contributed by atoms with Gasteiger partial charge in [0, 0.05) is 5.56 Å². The van der Waals surface area contributed by atoms with E-state index in [9.17, 15) is 9.18 Å². The first-order valence-electron chi connectivity index (χ1n) is 5.79. The summed E-state index contributed by atoms with van der Waals surface area (Å²) in [6.45, 7) is -0.156. The van der Waals surface area contributed by atoms with Crippen molar-refractivity contribution >= 4 is 17.6 Å². The smallest absolute Gasteiger partial charge is 0.310 e. The molecule has 0 atom stereocenters. The Labute approximate surface area is 115 Å². The molecule has 2 nitrogen and oxygen atoms in total. The molecule has 0 spiro atoms. The molecule has 0 saturated heterocycles. The van der Waals surface area contributed by atoms with Crippen LogP contribution in [0.4, 0.5) is 4.39 Å². The predicted molar refractivity (Wildman–Crippen MR) is 71.4 cm³/mol. The van der Waals surface area contributed by atoms with Gasteiger partial charge in [-0.15, -0.1) is 0 Å². The summed E-state index contributed by atoms with van der Waals surface area (Å²) in [4.78, 5) is 11.6. The Balaban J connectivity index is 1.94. The predicted octanol–water partition coefficient (Wildman–Crippen LogP) is 3.77. The average molecular weight is 279 g/mol. The summed E-state index contributed by atoms with van der Waals surface area (Å²) in [5.74, 6) is -0.884. The first kappa shape index (κ1) is 13.6. The molecule has 2 aromatic carbocycles. The van der Waals surface area contributed by atoms with E-state index in [0.717, 1.165) is 5.56 Å². The second-order valence-electron chi connectivity index (χ2n) is 4.02. The van der Waals surface area contributed by atoms with Crippen LogP contribution in [0, 0.1) is 5.82 Å². The van der Waals surface area contributed by atoms with Crippen LogP contribution < -0.4 is 0 Å². The molecular weight excluding hydrogens is 267 g/mol. The molecule has 98 valence electrons. The van der Waals surface area contributed by atoms with Crippen molar-refractivity contribution in [2.75, 3.05) is 0 Å². The van der Waals surface area contributed by atoms with Crippen LogP contribution in [0.2, 0.25) is 5.02 Å². The first-order valence-corrected chi connectivity index (χ1v) is 6.17. The molecular formula is C15H12ClFO2. The molecule has 0 aromatic heterocycles. The highest BCUT2D eigenvalue weighted by Gasteiger charge is 2.10. The highest BCUT2D eigenvalue weighted by Crippen LogP contribution is 2.19. The lowest BCUT2D eigenvalue weighted by atomic mass is 10.1. The number of carbonyl (C=O) groups is 1. The lowest BCUT2D eigenvalue weighted by Gasteiger charge is -2.07. The molecule has 0 saturated carbocycles. The SMILES string of the molecule is O=C(Cc1ccccc1)OCc1c(F)cccc1Cl. The van der Waals surface area contributed by atoms with Crippen molar-refractivity contribution in [2.45, 2.75) is 13.0 Å². The van der Waals surface area contributed by atoms with Gasteiger partial charge < -0.3 is 4.74 Å². The molecule has 0 bridgehead atoms. The second-order valence-corrected chi connectivity index (χ2v) is 4.43. The Morgan fingerprint density at radius 2 is 1.84 bits per heavy atom. The Bertz CT molecular complexity index is 549. The maximum Gasteiger partial charge on any atom is 0.310 e. The summed E-state index contributed by atoms with van der Waals surface area (Å²) in [5, 5.41) is 0.257.